The Morgan fingerprint density at radius 2 is 1.84 bits per heavy atom. The maximum absolute atomic E-state index is 12.8. The molecule has 0 aliphatic carbocycles. The van der Waals surface area contributed by atoms with Crippen molar-refractivity contribution in [3.8, 4) is 5.75 Å². The molecule has 10 heteroatoms. The monoisotopic (exact) mass is 513 g/mol. The predicted octanol–water partition coefficient (Wildman–Crippen LogP) is 2.79. The molecule has 1 saturated heterocycles. The van der Waals surface area contributed by atoms with Crippen molar-refractivity contribution in [2.75, 3.05) is 13.7 Å². The van der Waals surface area contributed by atoms with Crippen molar-refractivity contribution >= 4 is 44.6 Å². The summed E-state index contributed by atoms with van der Waals surface area (Å²) < 4.78 is 27.9. The van der Waals surface area contributed by atoms with Gasteiger partial charge in [-0.05, 0) is 44.0 Å². The third kappa shape index (κ3) is 6.04. The number of allylic oxidation sites excluding steroid dienone is 1. The number of nitrogens with zero attached hydrogens (tertiary/aromatic N) is 1. The highest BCUT2D eigenvalue weighted by atomic mass is 79.9. The van der Waals surface area contributed by atoms with E-state index < -0.39 is 38.8 Å². The summed E-state index contributed by atoms with van der Waals surface area (Å²) >= 11 is 3.21. The second-order valence-electron chi connectivity index (χ2n) is 6.66. The quantitative estimate of drug-likeness (QED) is 0.216. The Bertz CT molecular complexity index is 922. The van der Waals surface area contributed by atoms with E-state index in [1.807, 2.05) is 0 Å². The summed E-state index contributed by atoms with van der Waals surface area (Å²) in [5, 5.41) is 0.290. The molecule has 8 nitrogen and oxygen atoms in total. The first-order chi connectivity index (χ1) is 14.7. The van der Waals surface area contributed by atoms with Crippen molar-refractivity contribution in [3.05, 3.63) is 52.6 Å². The van der Waals surface area contributed by atoms with Crippen LogP contribution in [0.5, 0.6) is 5.75 Å². The number of esters is 2. The summed E-state index contributed by atoms with van der Waals surface area (Å²) in [6.45, 7) is 5.16. The Kier molecular flexibility index (Phi) is 9.00. The molecule has 3 atom stereocenters. The van der Waals surface area contributed by atoms with E-state index in [2.05, 4.69) is 15.9 Å². The van der Waals surface area contributed by atoms with Gasteiger partial charge in [-0.3, -0.25) is 13.9 Å². The minimum atomic E-state index is -1.76. The van der Waals surface area contributed by atoms with Gasteiger partial charge in [0.2, 0.25) is 5.91 Å². The molecule has 1 aromatic rings. The van der Waals surface area contributed by atoms with E-state index in [4.69, 9.17) is 14.2 Å². The number of methoxy groups -OCH3 is 1. The van der Waals surface area contributed by atoms with E-state index in [0.29, 0.717) is 11.3 Å². The van der Waals surface area contributed by atoms with E-state index in [9.17, 15) is 18.6 Å². The Labute approximate surface area is 191 Å². The molecular formula is C21H24BrNO7S. The van der Waals surface area contributed by atoms with Gasteiger partial charge < -0.3 is 14.2 Å². The van der Waals surface area contributed by atoms with Crippen molar-refractivity contribution in [3.63, 3.8) is 0 Å². The van der Waals surface area contributed by atoms with Gasteiger partial charge in [0.05, 0.1) is 24.5 Å². The van der Waals surface area contributed by atoms with E-state index in [-0.39, 0.29) is 18.9 Å². The van der Waals surface area contributed by atoms with Crippen LogP contribution in [-0.4, -0.2) is 50.9 Å². The molecule has 1 aliphatic rings. The Morgan fingerprint density at radius 3 is 2.39 bits per heavy atom. The SMILES string of the molecule is CCOC(=O)/C=C/S(=O)[C@@H]1[C@@H](Br)C(=O)N1C(C(=O)OCc1ccc(OC)cc1)=C(C)C. The molecule has 1 unspecified atom stereocenters. The number of likely N-dealkylation sites (tertiary alicyclic amines) is 1. The van der Waals surface area contributed by atoms with E-state index >= 15 is 0 Å². The molecule has 0 N–H and O–H groups in total. The lowest BCUT2D eigenvalue weighted by atomic mass is 10.1. The largest absolute Gasteiger partial charge is 0.497 e. The van der Waals surface area contributed by atoms with Crippen LogP contribution in [0.3, 0.4) is 0 Å². The van der Waals surface area contributed by atoms with Gasteiger partial charge in [-0.1, -0.05) is 28.1 Å². The number of alkyl halides is 1. The summed E-state index contributed by atoms with van der Waals surface area (Å²) in [6.07, 6.45) is 1.05. The second kappa shape index (κ2) is 11.2. The van der Waals surface area contributed by atoms with Crippen molar-refractivity contribution in [2.45, 2.75) is 37.6 Å². The third-order valence-electron chi connectivity index (χ3n) is 4.28. The van der Waals surface area contributed by atoms with Crippen LogP contribution < -0.4 is 4.74 Å². The number of halogens is 1. The van der Waals surface area contributed by atoms with Crippen LogP contribution in [0.15, 0.2) is 47.0 Å². The minimum Gasteiger partial charge on any atom is -0.497 e. The molecule has 0 radical (unpaired) electrons. The minimum absolute atomic E-state index is 0.00407. The van der Waals surface area contributed by atoms with Gasteiger partial charge >= 0.3 is 11.9 Å². The van der Waals surface area contributed by atoms with Crippen LogP contribution >= 0.6 is 15.9 Å². The predicted molar refractivity (Wildman–Crippen MR) is 118 cm³/mol. The van der Waals surface area contributed by atoms with Gasteiger partial charge in [-0.25, -0.2) is 9.59 Å². The number of carbonyl (C=O) groups excluding carboxylic acids is 3. The number of β-lactam (4-membered cyclic amide) rings is 1. The van der Waals surface area contributed by atoms with Gasteiger partial charge in [0, 0.05) is 11.5 Å². The average Bonchev–Trinajstić information content (AvgIpc) is 2.75. The van der Waals surface area contributed by atoms with Crippen LogP contribution in [0.2, 0.25) is 0 Å². The highest BCUT2D eigenvalue weighted by molar-refractivity contribution is 9.10. The van der Waals surface area contributed by atoms with Crippen LogP contribution in [0, 0.1) is 0 Å². The molecule has 1 aromatic carbocycles. The zero-order valence-corrected chi connectivity index (χ0v) is 20.0. The molecule has 1 fully saturated rings. The van der Waals surface area contributed by atoms with Gasteiger partial charge in [0.1, 0.15) is 28.3 Å². The smallest absolute Gasteiger partial charge is 0.355 e. The van der Waals surface area contributed by atoms with Gasteiger partial charge in [0.15, 0.2) is 0 Å². The molecule has 168 valence electrons. The van der Waals surface area contributed by atoms with Crippen LogP contribution in [0.1, 0.15) is 26.3 Å². The summed E-state index contributed by atoms with van der Waals surface area (Å²) in [6, 6.07) is 7.01. The van der Waals surface area contributed by atoms with Crippen LogP contribution in [0.4, 0.5) is 0 Å². The van der Waals surface area contributed by atoms with Gasteiger partial charge in [0.25, 0.3) is 0 Å². The number of ether oxygens (including phenoxy) is 3. The zero-order valence-electron chi connectivity index (χ0n) is 17.6. The van der Waals surface area contributed by atoms with Crippen molar-refractivity contribution < 1.29 is 32.8 Å². The first-order valence-electron chi connectivity index (χ1n) is 9.40. The topological polar surface area (TPSA) is 99.2 Å². The average molecular weight is 514 g/mol. The fourth-order valence-corrected chi connectivity index (χ4v) is 5.03. The van der Waals surface area contributed by atoms with Crippen LogP contribution in [0.25, 0.3) is 0 Å². The third-order valence-corrected chi connectivity index (χ3v) is 6.88. The van der Waals surface area contributed by atoms with E-state index in [1.165, 1.54) is 0 Å². The number of hydrogen-bond donors (Lipinski definition) is 0. The number of amides is 1. The molecule has 1 heterocycles. The first-order valence-corrected chi connectivity index (χ1v) is 11.6. The lowest BCUT2D eigenvalue weighted by Crippen LogP contribution is -2.63. The number of hydrogen-bond acceptors (Lipinski definition) is 7. The highest BCUT2D eigenvalue weighted by Crippen LogP contribution is 2.35. The lowest BCUT2D eigenvalue weighted by molar-refractivity contribution is -0.149. The molecule has 0 bridgehead atoms. The van der Waals surface area contributed by atoms with Crippen molar-refractivity contribution in [2.24, 2.45) is 0 Å². The molecule has 0 aromatic heterocycles. The standard InChI is InChI=1S/C21H24BrNO7S/c1-5-29-16(24)10-11-31(27)20-17(22)19(25)23(20)18(13(2)3)21(26)30-12-14-6-8-15(28-4)9-7-14/h6-11,17,20H,5,12H2,1-4H3/b11-10+/t17-,20+,31?/m0/s1. The van der Waals surface area contributed by atoms with E-state index in [0.717, 1.165) is 21.9 Å². The Morgan fingerprint density at radius 1 is 1.19 bits per heavy atom. The maximum atomic E-state index is 12.8. The van der Waals surface area contributed by atoms with Gasteiger partial charge in [-0.2, -0.15) is 0 Å². The normalized spacial score (nSPS) is 18.9. The fourth-order valence-electron chi connectivity index (χ4n) is 2.76. The van der Waals surface area contributed by atoms with Crippen molar-refractivity contribution in [1.29, 1.82) is 0 Å². The summed E-state index contributed by atoms with van der Waals surface area (Å²) in [5.41, 5.74) is 1.30. The molecule has 2 rings (SSSR count). The highest BCUT2D eigenvalue weighted by Gasteiger charge is 2.52. The lowest BCUT2D eigenvalue weighted by Gasteiger charge is -2.43. The van der Waals surface area contributed by atoms with Crippen LogP contribution in [-0.2, 0) is 41.3 Å². The Hall–Kier alpha value is -2.46. The first kappa shape index (κ1) is 24.8. The zero-order chi connectivity index (χ0) is 23.1. The number of carbonyl (C=O) groups is 3. The molecule has 31 heavy (non-hydrogen) atoms. The van der Waals surface area contributed by atoms with E-state index in [1.54, 1.807) is 52.1 Å². The summed E-state index contributed by atoms with van der Waals surface area (Å²) in [5.74, 6) is -1.09. The maximum Gasteiger partial charge on any atom is 0.355 e. The molecule has 1 amide bonds. The molecule has 1 aliphatic heterocycles. The van der Waals surface area contributed by atoms with Crippen molar-refractivity contribution in [1.82, 2.24) is 4.90 Å². The number of benzene rings is 1. The molecule has 0 spiro atoms. The Balaban J connectivity index is 2.14. The second-order valence-corrected chi connectivity index (χ2v) is 9.06. The summed E-state index contributed by atoms with van der Waals surface area (Å²) in [4.78, 5) is 37.1. The summed E-state index contributed by atoms with van der Waals surface area (Å²) in [7, 11) is -0.204. The number of rotatable bonds is 9. The molecule has 0 saturated carbocycles. The molecular weight excluding hydrogens is 490 g/mol. The fraction of sp³-hybridized carbons (Fsp3) is 0.381. The van der Waals surface area contributed by atoms with Gasteiger partial charge in [-0.15, -0.1) is 0 Å².